The summed E-state index contributed by atoms with van der Waals surface area (Å²) in [6, 6.07) is 8.12. The van der Waals surface area contributed by atoms with Crippen molar-refractivity contribution in [1.82, 2.24) is 4.98 Å². The van der Waals surface area contributed by atoms with E-state index in [9.17, 15) is 18.0 Å². The molecule has 0 bridgehead atoms. The van der Waals surface area contributed by atoms with Crippen molar-refractivity contribution in [2.24, 2.45) is 0 Å². The lowest BCUT2D eigenvalue weighted by molar-refractivity contribution is -0.130. The summed E-state index contributed by atoms with van der Waals surface area (Å²) in [5.74, 6) is -2.39. The normalized spacial score (nSPS) is 11.5. The molecule has 0 spiro atoms. The summed E-state index contributed by atoms with van der Waals surface area (Å²) >= 11 is 0. The Labute approximate surface area is 105 Å². The minimum atomic E-state index is -4.56. The molecule has 4 nitrogen and oxygen atoms in total. The van der Waals surface area contributed by atoms with Crippen LogP contribution < -0.4 is 0 Å². The highest BCUT2D eigenvalue weighted by Gasteiger charge is 2.34. The monoisotopic (exact) mass is 271 g/mol. The third-order valence-electron chi connectivity index (χ3n) is 2.28. The van der Waals surface area contributed by atoms with Crippen LogP contribution in [0, 0.1) is 0 Å². The van der Waals surface area contributed by atoms with Crippen LogP contribution in [0.4, 0.5) is 13.2 Å². The summed E-state index contributed by atoms with van der Waals surface area (Å²) < 4.78 is 41.9. The van der Waals surface area contributed by atoms with Crippen LogP contribution in [0.15, 0.2) is 34.7 Å². The van der Waals surface area contributed by atoms with E-state index in [4.69, 9.17) is 9.52 Å². The Morgan fingerprint density at radius 3 is 2.42 bits per heavy atom. The quantitative estimate of drug-likeness (QED) is 0.931. The Morgan fingerprint density at radius 1 is 1.26 bits per heavy atom. The molecule has 0 fully saturated rings. The molecule has 0 unspecified atom stereocenters. The maximum absolute atomic E-state index is 12.3. The van der Waals surface area contributed by atoms with Gasteiger partial charge in [0.25, 0.3) is 0 Å². The molecular weight excluding hydrogens is 263 g/mol. The number of carbonyl (C=O) groups is 1. The topological polar surface area (TPSA) is 63.3 Å². The molecule has 19 heavy (non-hydrogen) atoms. The first-order valence-electron chi connectivity index (χ1n) is 5.22. The Bertz CT molecular complexity index is 590. The van der Waals surface area contributed by atoms with Crippen molar-refractivity contribution in [2.45, 2.75) is 12.6 Å². The second-order valence-electron chi connectivity index (χ2n) is 3.75. The van der Waals surface area contributed by atoms with E-state index in [1.165, 1.54) is 0 Å². The molecule has 0 aliphatic carbocycles. The molecule has 0 amide bonds. The van der Waals surface area contributed by atoms with Crippen molar-refractivity contribution in [2.75, 3.05) is 0 Å². The summed E-state index contributed by atoms with van der Waals surface area (Å²) in [5.41, 5.74) is -0.297. The number of hydrogen-bond acceptors (Lipinski definition) is 3. The van der Waals surface area contributed by atoms with E-state index in [0.717, 1.165) is 0 Å². The summed E-state index contributed by atoms with van der Waals surface area (Å²) in [6.07, 6.45) is -6.02. The Balaban J connectivity index is 2.44. The molecule has 0 radical (unpaired) electrons. The first-order valence-corrected chi connectivity index (χ1v) is 5.22. The lowest BCUT2D eigenvalue weighted by Gasteiger charge is -2.02. The second kappa shape index (κ2) is 4.75. The van der Waals surface area contributed by atoms with Crippen molar-refractivity contribution in [3.63, 3.8) is 0 Å². The zero-order valence-corrected chi connectivity index (χ0v) is 9.44. The molecule has 1 heterocycles. The van der Waals surface area contributed by atoms with Gasteiger partial charge in [0.15, 0.2) is 5.69 Å². The Kier molecular flexibility index (Phi) is 3.28. The zero-order chi connectivity index (χ0) is 14.0. The third kappa shape index (κ3) is 3.12. The highest BCUT2D eigenvalue weighted by molar-refractivity contribution is 5.87. The lowest BCUT2D eigenvalue weighted by Crippen LogP contribution is -2.13. The molecule has 0 saturated carbocycles. The van der Waals surface area contributed by atoms with Gasteiger partial charge < -0.3 is 9.52 Å². The maximum atomic E-state index is 12.3. The van der Waals surface area contributed by atoms with E-state index >= 15 is 0 Å². The van der Waals surface area contributed by atoms with Gasteiger partial charge in [0.1, 0.15) is 12.2 Å². The van der Waals surface area contributed by atoms with Gasteiger partial charge in [-0.3, -0.25) is 0 Å². The smallest absolute Gasteiger partial charge is 0.396 e. The molecule has 0 atom stereocenters. The minimum absolute atomic E-state index is 0.141. The summed E-state index contributed by atoms with van der Waals surface area (Å²) in [4.78, 5) is 14.5. The van der Waals surface area contributed by atoms with Crippen LogP contribution in [0.2, 0.25) is 0 Å². The number of aromatic carboxylic acids is 1. The molecule has 0 aliphatic rings. The fourth-order valence-corrected chi connectivity index (χ4v) is 1.52. The number of carboxylic acid groups (broad SMARTS) is 1. The molecule has 1 aromatic carbocycles. The second-order valence-corrected chi connectivity index (χ2v) is 3.75. The van der Waals surface area contributed by atoms with Crippen LogP contribution in [-0.4, -0.2) is 22.2 Å². The number of hydrogen-bond donors (Lipinski definition) is 1. The maximum Gasteiger partial charge on any atom is 0.396 e. The largest absolute Gasteiger partial charge is 0.476 e. The van der Waals surface area contributed by atoms with Gasteiger partial charge in [0.05, 0.1) is 0 Å². The van der Waals surface area contributed by atoms with Gasteiger partial charge in [-0.2, -0.15) is 13.2 Å². The van der Waals surface area contributed by atoms with Crippen LogP contribution in [0.5, 0.6) is 0 Å². The van der Waals surface area contributed by atoms with Crippen LogP contribution in [0.3, 0.4) is 0 Å². The van der Waals surface area contributed by atoms with Crippen molar-refractivity contribution < 1.29 is 27.5 Å². The Hall–Kier alpha value is -2.31. The third-order valence-corrected chi connectivity index (χ3v) is 2.28. The highest BCUT2D eigenvalue weighted by Crippen LogP contribution is 2.27. The summed E-state index contributed by atoms with van der Waals surface area (Å²) in [7, 11) is 0. The van der Waals surface area contributed by atoms with Crippen LogP contribution in [0.25, 0.3) is 11.5 Å². The SMILES string of the molecule is O=C(O)c1nc(-c2ccccc2)oc1CC(F)(F)F. The number of nitrogens with zero attached hydrogens (tertiary/aromatic N) is 1. The molecule has 2 aromatic rings. The van der Waals surface area contributed by atoms with Crippen LogP contribution in [0.1, 0.15) is 16.2 Å². The van der Waals surface area contributed by atoms with Gasteiger partial charge in [-0.25, -0.2) is 9.78 Å². The van der Waals surface area contributed by atoms with E-state index in [0.29, 0.717) is 5.56 Å². The van der Waals surface area contributed by atoms with E-state index in [-0.39, 0.29) is 5.89 Å². The number of halogens is 3. The predicted molar refractivity (Wildman–Crippen MR) is 58.7 cm³/mol. The van der Waals surface area contributed by atoms with Gasteiger partial charge in [0, 0.05) is 5.56 Å². The molecule has 0 saturated heterocycles. The van der Waals surface area contributed by atoms with Gasteiger partial charge in [-0.05, 0) is 12.1 Å². The van der Waals surface area contributed by atoms with Crippen molar-refractivity contribution >= 4 is 5.97 Å². The van der Waals surface area contributed by atoms with Gasteiger partial charge in [-0.1, -0.05) is 18.2 Å². The highest BCUT2D eigenvalue weighted by atomic mass is 19.4. The number of alkyl halides is 3. The van der Waals surface area contributed by atoms with Gasteiger partial charge in [0.2, 0.25) is 5.89 Å². The molecule has 7 heteroatoms. The van der Waals surface area contributed by atoms with Crippen molar-refractivity contribution in [3.8, 4) is 11.5 Å². The average Bonchev–Trinajstić information content (AvgIpc) is 2.72. The van der Waals surface area contributed by atoms with E-state index < -0.39 is 30.0 Å². The number of aromatic nitrogens is 1. The van der Waals surface area contributed by atoms with Crippen molar-refractivity contribution in [3.05, 3.63) is 41.8 Å². The molecule has 100 valence electrons. The first kappa shape index (κ1) is 13.1. The van der Waals surface area contributed by atoms with E-state index in [2.05, 4.69) is 4.98 Å². The van der Waals surface area contributed by atoms with E-state index in [1.54, 1.807) is 30.3 Å². The fraction of sp³-hybridized carbons (Fsp3) is 0.167. The van der Waals surface area contributed by atoms with Gasteiger partial charge >= 0.3 is 12.1 Å². The molecule has 1 N–H and O–H groups in total. The standard InChI is InChI=1S/C12H8F3NO3/c13-12(14,15)6-8-9(11(17)18)16-10(19-8)7-4-2-1-3-5-7/h1-5H,6H2,(H,17,18). The average molecular weight is 271 g/mol. The summed E-state index contributed by atoms with van der Waals surface area (Å²) in [6.45, 7) is 0. The molecule has 0 aliphatic heterocycles. The molecular formula is C12H8F3NO3. The minimum Gasteiger partial charge on any atom is -0.476 e. The molecule has 2 rings (SSSR count). The number of oxazole rings is 1. The summed E-state index contributed by atoms with van der Waals surface area (Å²) in [5, 5.41) is 8.83. The lowest BCUT2D eigenvalue weighted by atomic mass is 10.2. The van der Waals surface area contributed by atoms with Gasteiger partial charge in [-0.15, -0.1) is 0 Å². The van der Waals surface area contributed by atoms with Crippen LogP contribution in [-0.2, 0) is 6.42 Å². The van der Waals surface area contributed by atoms with Crippen molar-refractivity contribution in [1.29, 1.82) is 0 Å². The first-order chi connectivity index (χ1) is 8.87. The predicted octanol–water partition coefficient (Wildman–Crippen LogP) is 3.14. The van der Waals surface area contributed by atoms with Crippen LogP contribution >= 0.6 is 0 Å². The van der Waals surface area contributed by atoms with E-state index in [1.807, 2.05) is 0 Å². The Morgan fingerprint density at radius 2 is 1.89 bits per heavy atom. The fourth-order valence-electron chi connectivity index (χ4n) is 1.52. The molecule has 1 aromatic heterocycles. The number of benzene rings is 1. The zero-order valence-electron chi connectivity index (χ0n) is 9.44. The number of carboxylic acids is 1. The number of rotatable bonds is 3.